The van der Waals surface area contributed by atoms with Gasteiger partial charge in [-0.05, 0) is 38.4 Å². The molecule has 5 nitrogen and oxygen atoms in total. The molecule has 5 heteroatoms. The van der Waals surface area contributed by atoms with Crippen LogP contribution in [0.2, 0.25) is 0 Å². The highest BCUT2D eigenvalue weighted by atomic mass is 16.1. The second kappa shape index (κ2) is 6.35. The molecular formula is C13H20N4O. The topological polar surface area (TPSA) is 51.3 Å². The van der Waals surface area contributed by atoms with Crippen LogP contribution in [0.15, 0.2) is 29.5 Å². The van der Waals surface area contributed by atoms with E-state index in [-0.39, 0.29) is 5.56 Å². The minimum absolute atomic E-state index is 0.0384. The molecular weight excluding hydrogens is 228 g/mol. The van der Waals surface area contributed by atoms with E-state index in [1.54, 1.807) is 21.3 Å². The van der Waals surface area contributed by atoms with Crippen molar-refractivity contribution in [2.24, 2.45) is 0 Å². The van der Waals surface area contributed by atoms with Gasteiger partial charge in [-0.15, -0.1) is 0 Å². The maximum atomic E-state index is 12.0. The van der Waals surface area contributed by atoms with Crippen LogP contribution in [0.5, 0.6) is 0 Å². The number of fused-ring (bicyclic) bond motifs is 1. The fourth-order valence-corrected chi connectivity index (χ4v) is 1.97. The van der Waals surface area contributed by atoms with E-state index >= 15 is 0 Å². The van der Waals surface area contributed by atoms with Gasteiger partial charge in [0.2, 0.25) is 0 Å². The van der Waals surface area contributed by atoms with Gasteiger partial charge in [-0.1, -0.05) is 6.92 Å². The van der Waals surface area contributed by atoms with Crippen LogP contribution in [0.3, 0.4) is 0 Å². The Labute approximate surface area is 106 Å². The van der Waals surface area contributed by atoms with E-state index in [0.717, 1.165) is 38.9 Å². The molecule has 0 aromatic carbocycles. The van der Waals surface area contributed by atoms with E-state index in [1.807, 2.05) is 12.4 Å². The molecule has 0 spiro atoms. The van der Waals surface area contributed by atoms with Crippen molar-refractivity contribution in [3.63, 3.8) is 0 Å². The fraction of sp³-hybridized carbons (Fsp3) is 0.538. The standard InChI is InChI=1S/C13H20N4O/c1-2-6-14-7-3-4-9-16-10-11-17-12(13(16)18)5-8-15-17/h5,8,10-11,14H,2-4,6-7,9H2,1H3. The highest BCUT2D eigenvalue weighted by Gasteiger charge is 2.02. The highest BCUT2D eigenvalue weighted by Crippen LogP contribution is 1.97. The van der Waals surface area contributed by atoms with Crippen LogP contribution in [0.1, 0.15) is 26.2 Å². The summed E-state index contributed by atoms with van der Waals surface area (Å²) in [5.41, 5.74) is 0.679. The van der Waals surface area contributed by atoms with E-state index in [9.17, 15) is 4.79 Å². The zero-order chi connectivity index (χ0) is 12.8. The fourth-order valence-electron chi connectivity index (χ4n) is 1.97. The summed E-state index contributed by atoms with van der Waals surface area (Å²) >= 11 is 0. The normalized spacial score (nSPS) is 11.2. The molecule has 0 unspecified atom stereocenters. The molecule has 2 aromatic rings. The van der Waals surface area contributed by atoms with E-state index in [2.05, 4.69) is 17.3 Å². The smallest absolute Gasteiger partial charge is 0.276 e. The first-order valence-corrected chi connectivity index (χ1v) is 6.56. The van der Waals surface area contributed by atoms with Gasteiger partial charge in [-0.25, -0.2) is 4.52 Å². The van der Waals surface area contributed by atoms with Gasteiger partial charge < -0.3 is 9.88 Å². The Hall–Kier alpha value is -1.62. The first-order valence-electron chi connectivity index (χ1n) is 6.56. The van der Waals surface area contributed by atoms with Crippen molar-refractivity contribution in [3.05, 3.63) is 35.0 Å². The first-order chi connectivity index (χ1) is 8.83. The molecule has 2 heterocycles. The molecule has 0 saturated heterocycles. The molecule has 0 fully saturated rings. The van der Waals surface area contributed by atoms with Gasteiger partial charge in [0.1, 0.15) is 5.52 Å². The lowest BCUT2D eigenvalue weighted by Crippen LogP contribution is -2.22. The number of hydrogen-bond donors (Lipinski definition) is 1. The average Bonchev–Trinajstić information content (AvgIpc) is 2.85. The van der Waals surface area contributed by atoms with Crippen molar-refractivity contribution < 1.29 is 0 Å². The van der Waals surface area contributed by atoms with Crippen molar-refractivity contribution in [1.29, 1.82) is 0 Å². The lowest BCUT2D eigenvalue weighted by atomic mass is 10.3. The van der Waals surface area contributed by atoms with Crippen LogP contribution >= 0.6 is 0 Å². The highest BCUT2D eigenvalue weighted by molar-refractivity contribution is 5.42. The maximum absolute atomic E-state index is 12.0. The lowest BCUT2D eigenvalue weighted by molar-refractivity contribution is 0.557. The number of nitrogens with zero attached hydrogens (tertiary/aromatic N) is 3. The predicted molar refractivity (Wildman–Crippen MR) is 71.8 cm³/mol. The van der Waals surface area contributed by atoms with E-state index in [4.69, 9.17) is 0 Å². The van der Waals surface area contributed by atoms with Crippen LogP contribution in [0, 0.1) is 0 Å². The average molecular weight is 248 g/mol. The molecule has 0 aliphatic carbocycles. The Morgan fingerprint density at radius 1 is 1.28 bits per heavy atom. The van der Waals surface area contributed by atoms with Crippen molar-refractivity contribution in [2.75, 3.05) is 13.1 Å². The molecule has 0 bridgehead atoms. The molecule has 1 N–H and O–H groups in total. The maximum Gasteiger partial charge on any atom is 0.276 e. The second-order valence-electron chi connectivity index (χ2n) is 4.41. The molecule has 18 heavy (non-hydrogen) atoms. The van der Waals surface area contributed by atoms with Gasteiger partial charge in [-0.2, -0.15) is 5.10 Å². The van der Waals surface area contributed by atoms with Crippen molar-refractivity contribution >= 4 is 5.52 Å². The summed E-state index contributed by atoms with van der Waals surface area (Å²) < 4.78 is 3.37. The van der Waals surface area contributed by atoms with Crippen LogP contribution in [-0.4, -0.2) is 27.3 Å². The van der Waals surface area contributed by atoms with Gasteiger partial charge in [0.05, 0.1) is 6.20 Å². The van der Waals surface area contributed by atoms with Gasteiger partial charge in [0, 0.05) is 18.9 Å². The summed E-state index contributed by atoms with van der Waals surface area (Å²) in [4.78, 5) is 12.0. The summed E-state index contributed by atoms with van der Waals surface area (Å²) in [6.07, 6.45) is 8.55. The Balaban J connectivity index is 1.88. The lowest BCUT2D eigenvalue weighted by Gasteiger charge is -2.06. The van der Waals surface area contributed by atoms with E-state index < -0.39 is 0 Å². The van der Waals surface area contributed by atoms with Crippen molar-refractivity contribution in [1.82, 2.24) is 19.5 Å². The molecule has 0 atom stereocenters. The molecule has 2 aromatic heterocycles. The third-order valence-electron chi connectivity index (χ3n) is 2.97. The molecule has 0 radical (unpaired) electrons. The zero-order valence-corrected chi connectivity index (χ0v) is 10.8. The number of aromatic nitrogens is 3. The summed E-state index contributed by atoms with van der Waals surface area (Å²) in [5.74, 6) is 0. The third-order valence-corrected chi connectivity index (χ3v) is 2.97. The van der Waals surface area contributed by atoms with Crippen LogP contribution in [-0.2, 0) is 6.54 Å². The molecule has 0 saturated carbocycles. The van der Waals surface area contributed by atoms with E-state index in [0.29, 0.717) is 5.52 Å². The van der Waals surface area contributed by atoms with Gasteiger partial charge >= 0.3 is 0 Å². The molecule has 98 valence electrons. The second-order valence-corrected chi connectivity index (χ2v) is 4.41. The minimum Gasteiger partial charge on any atom is -0.317 e. The van der Waals surface area contributed by atoms with Crippen LogP contribution in [0.4, 0.5) is 0 Å². The summed E-state index contributed by atoms with van der Waals surface area (Å²) in [6.45, 7) is 5.03. The number of unbranched alkanes of at least 4 members (excludes halogenated alkanes) is 1. The Kier molecular flexibility index (Phi) is 4.52. The zero-order valence-electron chi connectivity index (χ0n) is 10.8. The monoisotopic (exact) mass is 248 g/mol. The molecule has 0 aliphatic heterocycles. The minimum atomic E-state index is 0.0384. The predicted octanol–water partition coefficient (Wildman–Crippen LogP) is 1.28. The van der Waals surface area contributed by atoms with Crippen LogP contribution in [0.25, 0.3) is 5.52 Å². The van der Waals surface area contributed by atoms with Crippen molar-refractivity contribution in [3.8, 4) is 0 Å². The molecule has 2 rings (SSSR count). The Morgan fingerprint density at radius 3 is 3.00 bits per heavy atom. The van der Waals surface area contributed by atoms with Crippen LogP contribution < -0.4 is 10.9 Å². The third kappa shape index (κ3) is 2.98. The molecule has 0 aliphatic rings. The number of aryl methyl sites for hydroxylation is 1. The SMILES string of the molecule is CCCNCCCCn1ccn2nccc2c1=O. The Morgan fingerprint density at radius 2 is 2.17 bits per heavy atom. The first kappa shape index (κ1) is 12.8. The largest absolute Gasteiger partial charge is 0.317 e. The number of hydrogen-bond acceptors (Lipinski definition) is 3. The van der Waals surface area contributed by atoms with Gasteiger partial charge in [0.15, 0.2) is 0 Å². The number of rotatable bonds is 7. The summed E-state index contributed by atoms with van der Waals surface area (Å²) in [6, 6.07) is 1.75. The van der Waals surface area contributed by atoms with Gasteiger partial charge in [-0.3, -0.25) is 4.79 Å². The summed E-state index contributed by atoms with van der Waals surface area (Å²) in [5, 5.41) is 7.40. The molecule has 0 amide bonds. The van der Waals surface area contributed by atoms with E-state index in [1.165, 1.54) is 0 Å². The Bertz CT molecular complexity index is 543. The quantitative estimate of drug-likeness (QED) is 0.751. The number of nitrogens with one attached hydrogen (secondary N) is 1. The van der Waals surface area contributed by atoms with Crippen molar-refractivity contribution in [2.45, 2.75) is 32.7 Å². The van der Waals surface area contributed by atoms with Gasteiger partial charge in [0.25, 0.3) is 5.56 Å². The summed E-state index contributed by atoms with van der Waals surface area (Å²) in [7, 11) is 0.